The molecule has 2 heterocycles. The van der Waals surface area contributed by atoms with Gasteiger partial charge in [-0.15, -0.1) is 11.3 Å². The van der Waals surface area contributed by atoms with E-state index in [1.807, 2.05) is 0 Å². The second-order valence-electron chi connectivity index (χ2n) is 10.8. The molecular weight excluding hydrogens is 571 g/mol. The number of nitrogens with two attached hydrogens (primary N) is 1. The van der Waals surface area contributed by atoms with E-state index in [0.29, 0.717) is 23.3 Å². The summed E-state index contributed by atoms with van der Waals surface area (Å²) in [4.78, 5) is 32.7. The number of nitrogens with zero attached hydrogens (tertiary/aromatic N) is 2. The van der Waals surface area contributed by atoms with E-state index in [0.717, 1.165) is 17.8 Å². The number of carbonyl (C=O) groups excluding carboxylic acids is 2. The number of urea groups is 1. The Labute approximate surface area is 242 Å². The predicted octanol–water partition coefficient (Wildman–Crippen LogP) is 4.86. The van der Waals surface area contributed by atoms with Crippen molar-refractivity contribution in [3.8, 4) is 10.4 Å². The normalized spacial score (nSPS) is 17.6. The molecule has 1 aliphatic carbocycles. The van der Waals surface area contributed by atoms with Crippen molar-refractivity contribution < 1.29 is 27.1 Å². The number of rotatable bonds is 8. The SMILES string of the molecule is CC(C)(C)NS(=O)(=O)c1cc(NC(=O)NCc2ncccc2F)ccc1-c1cnc(C2CCC(OC(N)=O)CC2)s1. The van der Waals surface area contributed by atoms with Gasteiger partial charge in [0.15, 0.2) is 0 Å². The molecule has 1 aliphatic rings. The number of thiazole rings is 1. The average molecular weight is 605 g/mol. The molecule has 41 heavy (non-hydrogen) atoms. The van der Waals surface area contributed by atoms with Gasteiger partial charge >= 0.3 is 12.1 Å². The summed E-state index contributed by atoms with van der Waals surface area (Å²) in [5.74, 6) is -0.391. The molecule has 220 valence electrons. The minimum Gasteiger partial charge on any atom is -0.446 e. The molecule has 1 aromatic carbocycles. The smallest absolute Gasteiger partial charge is 0.404 e. The van der Waals surface area contributed by atoms with Crippen molar-refractivity contribution in [2.45, 2.75) is 75.5 Å². The Morgan fingerprint density at radius 3 is 2.54 bits per heavy atom. The number of hydrogen-bond acceptors (Lipinski definition) is 8. The Kier molecular flexibility index (Phi) is 9.24. The lowest BCUT2D eigenvalue weighted by Gasteiger charge is -2.26. The van der Waals surface area contributed by atoms with Crippen LogP contribution >= 0.6 is 11.3 Å². The zero-order valence-electron chi connectivity index (χ0n) is 22.9. The van der Waals surface area contributed by atoms with Crippen molar-refractivity contribution in [2.75, 3.05) is 5.32 Å². The predicted molar refractivity (Wildman–Crippen MR) is 153 cm³/mol. The minimum absolute atomic E-state index is 0.0187. The van der Waals surface area contributed by atoms with Crippen LogP contribution in [0.15, 0.2) is 47.6 Å². The van der Waals surface area contributed by atoms with Gasteiger partial charge in [0.05, 0.1) is 27.0 Å². The maximum Gasteiger partial charge on any atom is 0.404 e. The highest BCUT2D eigenvalue weighted by atomic mass is 32.2. The maximum atomic E-state index is 13.8. The summed E-state index contributed by atoms with van der Waals surface area (Å²) in [6.45, 7) is 5.06. The van der Waals surface area contributed by atoms with E-state index in [4.69, 9.17) is 10.5 Å². The molecule has 14 heteroatoms. The number of aromatic nitrogens is 2. The lowest BCUT2D eigenvalue weighted by atomic mass is 9.88. The van der Waals surface area contributed by atoms with Gasteiger partial charge < -0.3 is 21.1 Å². The molecule has 0 unspecified atom stereocenters. The quantitative estimate of drug-likeness (QED) is 0.285. The number of halogens is 1. The number of anilines is 1. The van der Waals surface area contributed by atoms with Crippen molar-refractivity contribution >= 4 is 39.2 Å². The molecule has 0 atom stereocenters. The van der Waals surface area contributed by atoms with E-state index >= 15 is 0 Å². The zero-order chi connectivity index (χ0) is 29.8. The first-order valence-corrected chi connectivity index (χ1v) is 15.3. The number of primary amides is 1. The molecule has 0 spiro atoms. The van der Waals surface area contributed by atoms with E-state index in [2.05, 4.69) is 25.3 Å². The fourth-order valence-electron chi connectivity index (χ4n) is 4.56. The van der Waals surface area contributed by atoms with Crippen LogP contribution in [-0.4, -0.2) is 42.2 Å². The molecule has 3 amide bonds. The number of ether oxygens (including phenoxy) is 1. The molecule has 4 rings (SSSR count). The van der Waals surface area contributed by atoms with E-state index in [-0.39, 0.29) is 34.8 Å². The van der Waals surface area contributed by atoms with Crippen molar-refractivity contribution in [1.29, 1.82) is 0 Å². The summed E-state index contributed by atoms with van der Waals surface area (Å²) in [5, 5.41) is 6.00. The number of benzene rings is 1. The molecule has 1 fully saturated rings. The van der Waals surface area contributed by atoms with Gasteiger partial charge in [0.1, 0.15) is 11.9 Å². The van der Waals surface area contributed by atoms with E-state index < -0.39 is 33.5 Å². The standard InChI is InChI=1S/C27H33FN6O5S2/c1-27(2,3)34-41(37,38)23-13-17(33-26(36)32-14-21-20(28)5-4-12-30-21)8-11-19(23)22-15-31-24(40-22)16-6-9-18(10-7-16)39-25(29)35/h4-5,8,11-13,15-16,18,34H,6-7,9-10,14H2,1-3H3,(H2,29,35)(H2,32,33,36). The highest BCUT2D eigenvalue weighted by molar-refractivity contribution is 7.89. The summed E-state index contributed by atoms with van der Waals surface area (Å²) in [7, 11) is -4.01. The number of amides is 3. The Hall–Kier alpha value is -3.62. The first kappa shape index (κ1) is 30.3. The highest BCUT2D eigenvalue weighted by Gasteiger charge is 2.29. The molecular formula is C27H33FN6O5S2. The number of hydrogen-bond donors (Lipinski definition) is 4. The molecule has 0 bridgehead atoms. The second-order valence-corrected chi connectivity index (χ2v) is 13.5. The first-order valence-electron chi connectivity index (χ1n) is 13.0. The second kappa shape index (κ2) is 12.5. The molecule has 2 aromatic heterocycles. The van der Waals surface area contributed by atoms with Gasteiger partial charge in [0.25, 0.3) is 0 Å². The van der Waals surface area contributed by atoms with Crippen molar-refractivity contribution in [2.24, 2.45) is 5.73 Å². The van der Waals surface area contributed by atoms with Crippen molar-refractivity contribution in [1.82, 2.24) is 20.0 Å². The van der Waals surface area contributed by atoms with Gasteiger partial charge in [-0.1, -0.05) is 6.07 Å². The molecule has 5 N–H and O–H groups in total. The van der Waals surface area contributed by atoms with Crippen LogP contribution in [0.25, 0.3) is 10.4 Å². The Bertz CT molecular complexity index is 1510. The van der Waals surface area contributed by atoms with Crippen LogP contribution in [-0.2, 0) is 21.3 Å². The third-order valence-electron chi connectivity index (χ3n) is 6.32. The van der Waals surface area contributed by atoms with Crippen LogP contribution in [0.1, 0.15) is 63.1 Å². The van der Waals surface area contributed by atoms with Crippen LogP contribution in [0.3, 0.4) is 0 Å². The van der Waals surface area contributed by atoms with Crippen molar-refractivity contribution in [3.05, 3.63) is 59.2 Å². The Balaban J connectivity index is 1.56. The summed E-state index contributed by atoms with van der Waals surface area (Å²) in [5.41, 5.74) is 5.13. The molecule has 0 radical (unpaired) electrons. The maximum absolute atomic E-state index is 13.8. The van der Waals surface area contributed by atoms with Crippen LogP contribution in [0, 0.1) is 5.82 Å². The van der Waals surface area contributed by atoms with E-state index in [1.54, 1.807) is 39.1 Å². The number of pyridine rings is 1. The third kappa shape index (κ3) is 8.21. The minimum atomic E-state index is -4.01. The average Bonchev–Trinajstić information content (AvgIpc) is 3.37. The number of carbonyl (C=O) groups is 2. The van der Waals surface area contributed by atoms with Gasteiger partial charge in [-0.25, -0.2) is 32.1 Å². The molecule has 0 aliphatic heterocycles. The first-order chi connectivity index (χ1) is 19.3. The molecule has 1 saturated carbocycles. The van der Waals surface area contributed by atoms with E-state index in [9.17, 15) is 22.4 Å². The third-order valence-corrected chi connectivity index (χ3v) is 9.31. The monoisotopic (exact) mass is 604 g/mol. The van der Waals surface area contributed by atoms with Crippen LogP contribution < -0.4 is 21.1 Å². The van der Waals surface area contributed by atoms with Crippen LogP contribution in [0.4, 0.5) is 19.7 Å². The largest absolute Gasteiger partial charge is 0.446 e. The van der Waals surface area contributed by atoms with Gasteiger partial charge in [-0.2, -0.15) is 0 Å². The molecule has 11 nitrogen and oxygen atoms in total. The number of sulfonamides is 1. The zero-order valence-corrected chi connectivity index (χ0v) is 24.6. The number of nitrogens with one attached hydrogen (secondary N) is 3. The lowest BCUT2D eigenvalue weighted by Crippen LogP contribution is -2.40. The Morgan fingerprint density at radius 1 is 1.15 bits per heavy atom. The summed E-state index contributed by atoms with van der Waals surface area (Å²) >= 11 is 1.40. The topological polar surface area (TPSA) is 165 Å². The van der Waals surface area contributed by atoms with Gasteiger partial charge in [-0.05, 0) is 70.7 Å². The summed E-state index contributed by atoms with van der Waals surface area (Å²) in [6, 6.07) is 6.65. The van der Waals surface area contributed by atoms with Crippen LogP contribution in [0.5, 0.6) is 0 Å². The van der Waals surface area contributed by atoms with Gasteiger partial charge in [0.2, 0.25) is 10.0 Å². The van der Waals surface area contributed by atoms with Gasteiger partial charge in [0, 0.05) is 35.1 Å². The molecule has 0 saturated heterocycles. The van der Waals surface area contributed by atoms with Crippen LogP contribution in [0.2, 0.25) is 0 Å². The fraction of sp³-hybridized carbons (Fsp3) is 0.407. The lowest BCUT2D eigenvalue weighted by molar-refractivity contribution is 0.0787. The van der Waals surface area contributed by atoms with Gasteiger partial charge in [-0.3, -0.25) is 4.98 Å². The molecule has 3 aromatic rings. The summed E-state index contributed by atoms with van der Waals surface area (Å²) < 4.78 is 48.6. The highest BCUT2D eigenvalue weighted by Crippen LogP contribution is 2.40. The summed E-state index contributed by atoms with van der Waals surface area (Å²) in [6.07, 6.45) is 4.97. The fourth-order valence-corrected chi connectivity index (χ4v) is 7.42. The Morgan fingerprint density at radius 2 is 1.88 bits per heavy atom. The van der Waals surface area contributed by atoms with E-state index in [1.165, 1.54) is 35.7 Å². The van der Waals surface area contributed by atoms with Crippen molar-refractivity contribution in [3.63, 3.8) is 0 Å².